The van der Waals surface area contributed by atoms with E-state index in [1.54, 1.807) is 6.20 Å². The zero-order valence-corrected chi connectivity index (χ0v) is 9.88. The van der Waals surface area contributed by atoms with Crippen molar-refractivity contribution in [2.45, 2.75) is 25.4 Å². The fraction of sp³-hybridized carbons (Fsp3) is 0.417. The van der Waals surface area contributed by atoms with Crippen LogP contribution in [-0.2, 0) is 9.59 Å². The highest BCUT2D eigenvalue weighted by Crippen LogP contribution is 2.16. The summed E-state index contributed by atoms with van der Waals surface area (Å²) in [5, 5.41) is 3.13. The van der Waals surface area contributed by atoms with Crippen LogP contribution in [0.2, 0.25) is 0 Å². The molecule has 1 fully saturated rings. The van der Waals surface area contributed by atoms with Crippen LogP contribution < -0.4 is 5.32 Å². The van der Waals surface area contributed by atoms with Crippen molar-refractivity contribution in [3.05, 3.63) is 30.1 Å². The van der Waals surface area contributed by atoms with Crippen LogP contribution >= 0.6 is 0 Å². The highest BCUT2D eigenvalue weighted by atomic mass is 16.2. The number of carbonyl (C=O) groups excluding carboxylic acids is 2. The second-order valence-corrected chi connectivity index (χ2v) is 4.19. The second kappa shape index (κ2) is 4.63. The number of imide groups is 1. The topological polar surface area (TPSA) is 62.3 Å². The van der Waals surface area contributed by atoms with Gasteiger partial charge >= 0.3 is 0 Å². The Hall–Kier alpha value is -1.75. The minimum absolute atomic E-state index is 0.0514. The van der Waals surface area contributed by atoms with Crippen molar-refractivity contribution in [2.75, 3.05) is 7.05 Å². The highest BCUT2D eigenvalue weighted by Gasteiger charge is 2.36. The van der Waals surface area contributed by atoms with Gasteiger partial charge in [0.25, 0.3) is 0 Å². The lowest BCUT2D eigenvalue weighted by atomic mass is 10.1. The van der Waals surface area contributed by atoms with Crippen molar-refractivity contribution < 1.29 is 9.59 Å². The summed E-state index contributed by atoms with van der Waals surface area (Å²) < 4.78 is 0. The Kier molecular flexibility index (Phi) is 3.19. The molecule has 0 radical (unpaired) electrons. The third-order valence-electron chi connectivity index (χ3n) is 2.96. The minimum Gasteiger partial charge on any atom is -0.297 e. The standard InChI is InChI=1S/C12H15N3O2/c1-8(9-5-3-4-6-13-9)14-10-7-11(16)15(2)12(10)17/h3-6,8,10,14H,7H2,1-2H3. The summed E-state index contributed by atoms with van der Waals surface area (Å²) in [5.41, 5.74) is 0.863. The number of nitrogens with one attached hydrogen (secondary N) is 1. The maximum atomic E-state index is 11.7. The number of likely N-dealkylation sites (tertiary alicyclic amines) is 1. The van der Waals surface area contributed by atoms with Gasteiger partial charge in [0.1, 0.15) is 0 Å². The summed E-state index contributed by atoms with van der Waals surface area (Å²) in [6, 6.07) is 5.15. The molecule has 1 aliphatic rings. The van der Waals surface area contributed by atoms with E-state index in [2.05, 4.69) is 10.3 Å². The molecule has 2 heterocycles. The van der Waals surface area contributed by atoms with Crippen LogP contribution in [0.1, 0.15) is 25.1 Å². The lowest BCUT2D eigenvalue weighted by Crippen LogP contribution is -2.38. The Bertz CT molecular complexity index is 433. The van der Waals surface area contributed by atoms with Gasteiger partial charge in [-0.05, 0) is 19.1 Å². The number of pyridine rings is 1. The van der Waals surface area contributed by atoms with Gasteiger partial charge in [0, 0.05) is 19.3 Å². The van der Waals surface area contributed by atoms with Gasteiger partial charge < -0.3 is 0 Å². The van der Waals surface area contributed by atoms with Crippen molar-refractivity contribution >= 4 is 11.8 Å². The zero-order chi connectivity index (χ0) is 12.4. The van der Waals surface area contributed by atoms with Crippen LogP contribution in [0.3, 0.4) is 0 Å². The van der Waals surface area contributed by atoms with Crippen LogP contribution in [0.5, 0.6) is 0 Å². The van der Waals surface area contributed by atoms with E-state index in [-0.39, 0.29) is 24.3 Å². The molecular weight excluding hydrogens is 218 g/mol. The van der Waals surface area contributed by atoms with E-state index in [0.717, 1.165) is 5.69 Å². The summed E-state index contributed by atoms with van der Waals surface area (Å²) >= 11 is 0. The Balaban J connectivity index is 2.03. The van der Waals surface area contributed by atoms with Crippen molar-refractivity contribution in [3.8, 4) is 0 Å². The molecule has 0 aromatic carbocycles. The minimum atomic E-state index is -0.426. The molecule has 2 rings (SSSR count). The Labute approximate surface area is 99.8 Å². The predicted molar refractivity (Wildman–Crippen MR) is 62.0 cm³/mol. The molecule has 0 spiro atoms. The number of hydrogen-bond donors (Lipinski definition) is 1. The Morgan fingerprint density at radius 2 is 2.24 bits per heavy atom. The molecule has 0 aliphatic carbocycles. The van der Waals surface area contributed by atoms with Crippen LogP contribution in [0.4, 0.5) is 0 Å². The first-order chi connectivity index (χ1) is 8.09. The summed E-state index contributed by atoms with van der Waals surface area (Å²) in [5.74, 6) is -0.307. The monoisotopic (exact) mass is 233 g/mol. The van der Waals surface area contributed by atoms with Gasteiger partial charge in [0.05, 0.1) is 18.2 Å². The third-order valence-corrected chi connectivity index (χ3v) is 2.96. The lowest BCUT2D eigenvalue weighted by molar-refractivity contribution is -0.137. The fourth-order valence-electron chi connectivity index (χ4n) is 1.91. The van der Waals surface area contributed by atoms with Crippen molar-refractivity contribution in [1.29, 1.82) is 0 Å². The SMILES string of the molecule is CC(NC1CC(=O)N(C)C1=O)c1ccccn1. The van der Waals surface area contributed by atoms with Crippen LogP contribution in [0.15, 0.2) is 24.4 Å². The molecule has 1 N–H and O–H groups in total. The fourth-order valence-corrected chi connectivity index (χ4v) is 1.91. The van der Waals surface area contributed by atoms with Gasteiger partial charge in [-0.3, -0.25) is 24.8 Å². The van der Waals surface area contributed by atoms with Gasteiger partial charge in [0.2, 0.25) is 11.8 Å². The quantitative estimate of drug-likeness (QED) is 0.772. The predicted octanol–water partition coefficient (Wildman–Crippen LogP) is 0.489. The molecule has 1 aromatic heterocycles. The molecule has 0 bridgehead atoms. The maximum Gasteiger partial charge on any atom is 0.246 e. The normalized spacial score (nSPS) is 22.0. The largest absolute Gasteiger partial charge is 0.297 e. The van der Waals surface area contributed by atoms with E-state index < -0.39 is 6.04 Å². The summed E-state index contributed by atoms with van der Waals surface area (Å²) in [4.78, 5) is 28.4. The molecule has 2 amide bonds. The van der Waals surface area contributed by atoms with Crippen LogP contribution in [0.25, 0.3) is 0 Å². The number of rotatable bonds is 3. The van der Waals surface area contributed by atoms with Crippen molar-refractivity contribution in [3.63, 3.8) is 0 Å². The number of amides is 2. The van der Waals surface area contributed by atoms with E-state index in [1.165, 1.54) is 11.9 Å². The number of aromatic nitrogens is 1. The smallest absolute Gasteiger partial charge is 0.246 e. The average Bonchev–Trinajstić information content (AvgIpc) is 2.58. The number of carbonyl (C=O) groups is 2. The molecule has 5 heteroatoms. The second-order valence-electron chi connectivity index (χ2n) is 4.19. The molecule has 1 aliphatic heterocycles. The van der Waals surface area contributed by atoms with E-state index in [0.29, 0.717) is 0 Å². The summed E-state index contributed by atoms with van der Waals surface area (Å²) in [6.45, 7) is 1.93. The van der Waals surface area contributed by atoms with Gasteiger partial charge in [-0.1, -0.05) is 6.07 Å². The molecule has 0 saturated carbocycles. The van der Waals surface area contributed by atoms with Gasteiger partial charge in [-0.2, -0.15) is 0 Å². The van der Waals surface area contributed by atoms with Gasteiger partial charge in [-0.25, -0.2) is 0 Å². The molecule has 2 atom stereocenters. The summed E-state index contributed by atoms with van der Waals surface area (Å²) in [7, 11) is 1.51. The molecular formula is C12H15N3O2. The molecule has 1 saturated heterocycles. The Morgan fingerprint density at radius 1 is 1.47 bits per heavy atom. The van der Waals surface area contributed by atoms with Crippen molar-refractivity contribution in [1.82, 2.24) is 15.2 Å². The van der Waals surface area contributed by atoms with E-state index in [1.807, 2.05) is 25.1 Å². The first kappa shape index (κ1) is 11.7. The number of hydrogen-bond acceptors (Lipinski definition) is 4. The average molecular weight is 233 g/mol. The van der Waals surface area contributed by atoms with Crippen LogP contribution in [0, 0.1) is 0 Å². The maximum absolute atomic E-state index is 11.7. The lowest BCUT2D eigenvalue weighted by Gasteiger charge is -2.17. The first-order valence-corrected chi connectivity index (χ1v) is 5.57. The molecule has 1 aromatic rings. The number of likely N-dealkylation sites (N-methyl/N-ethyl adjacent to an activating group) is 1. The van der Waals surface area contributed by atoms with E-state index in [4.69, 9.17) is 0 Å². The highest BCUT2D eigenvalue weighted by molar-refractivity contribution is 6.05. The molecule has 5 nitrogen and oxygen atoms in total. The first-order valence-electron chi connectivity index (χ1n) is 5.57. The zero-order valence-electron chi connectivity index (χ0n) is 9.88. The number of nitrogens with zero attached hydrogens (tertiary/aromatic N) is 2. The van der Waals surface area contributed by atoms with Crippen LogP contribution in [-0.4, -0.2) is 34.8 Å². The van der Waals surface area contributed by atoms with Gasteiger partial charge in [0.15, 0.2) is 0 Å². The van der Waals surface area contributed by atoms with Gasteiger partial charge in [-0.15, -0.1) is 0 Å². The van der Waals surface area contributed by atoms with Crippen molar-refractivity contribution in [2.24, 2.45) is 0 Å². The van der Waals surface area contributed by atoms with E-state index in [9.17, 15) is 9.59 Å². The summed E-state index contributed by atoms with van der Waals surface area (Å²) in [6.07, 6.45) is 1.94. The Morgan fingerprint density at radius 3 is 2.76 bits per heavy atom. The van der Waals surface area contributed by atoms with E-state index >= 15 is 0 Å². The third kappa shape index (κ3) is 2.34. The molecule has 17 heavy (non-hydrogen) atoms. The molecule has 2 unspecified atom stereocenters. The molecule has 90 valence electrons.